The van der Waals surface area contributed by atoms with Crippen LogP contribution in [0.5, 0.6) is 23.0 Å². The van der Waals surface area contributed by atoms with Crippen molar-refractivity contribution in [2.24, 2.45) is 0 Å². The zero-order valence-electron chi connectivity index (χ0n) is 28.8. The molecule has 7 rings (SSSR count). The maximum Gasteiger partial charge on any atom is 0.130 e. The predicted octanol–water partition coefficient (Wildman–Crippen LogP) is 11.3. The second-order valence-corrected chi connectivity index (χ2v) is 13.2. The number of anilines is 2. The average Bonchev–Trinajstić information content (AvgIpc) is 3.40. The fourth-order valence-electron chi connectivity index (χ4n) is 7.54. The van der Waals surface area contributed by atoms with Gasteiger partial charge in [-0.05, 0) is 107 Å². The topological polar surface area (TPSA) is 70.5 Å². The number of hydrogen-bond acceptors (Lipinski definition) is 4. The van der Waals surface area contributed by atoms with Gasteiger partial charge in [0.25, 0.3) is 0 Å². The van der Waals surface area contributed by atoms with Gasteiger partial charge < -0.3 is 20.9 Å². The Labute approximate surface area is 290 Å². The van der Waals surface area contributed by atoms with Crippen LogP contribution in [0.4, 0.5) is 11.4 Å². The number of rotatable bonds is 10. The molecular weight excluding hydrogens is 601 g/mol. The van der Waals surface area contributed by atoms with Crippen LogP contribution in [0.15, 0.2) is 121 Å². The summed E-state index contributed by atoms with van der Waals surface area (Å²) in [6, 6.07) is 42.8. The summed E-state index contributed by atoms with van der Waals surface area (Å²) in [7, 11) is 0. The predicted molar refractivity (Wildman–Crippen MR) is 203 cm³/mol. The molecule has 0 heterocycles. The lowest BCUT2D eigenvalue weighted by atomic mass is 9.67. The van der Waals surface area contributed by atoms with Gasteiger partial charge in [-0.1, -0.05) is 112 Å². The fourth-order valence-corrected chi connectivity index (χ4v) is 7.54. The Morgan fingerprint density at radius 3 is 1.33 bits per heavy atom. The van der Waals surface area contributed by atoms with Gasteiger partial charge in [0, 0.05) is 23.5 Å². The van der Waals surface area contributed by atoms with Crippen molar-refractivity contribution in [3.8, 4) is 34.1 Å². The van der Waals surface area contributed by atoms with Gasteiger partial charge in [-0.25, -0.2) is 0 Å². The lowest BCUT2D eigenvalue weighted by molar-refractivity contribution is 0.478. The molecule has 1 aliphatic rings. The molecular formula is C45H44N2O2. The third-order valence-electron chi connectivity index (χ3n) is 9.90. The maximum absolute atomic E-state index is 6.43. The van der Waals surface area contributed by atoms with Crippen LogP contribution in [0.1, 0.15) is 71.2 Å². The molecule has 0 amide bonds. The standard InChI is InChI=1S/C45H44N2O2/c1-5-11-31-17-21-35(27-41(31)46)48-43-23-19-33(25-29(43)3)45(39-15-9-7-13-37(39)38-14-8-10-16-40(38)45)34-20-24-44(30(4)26-34)49-36-22-18-32(12-6-2)42(47)28-36/h7-10,13-28H,5-6,11-12,46-47H2,1-4H3. The van der Waals surface area contributed by atoms with E-state index in [2.05, 4.69) is 125 Å². The zero-order valence-corrected chi connectivity index (χ0v) is 28.8. The molecule has 0 radical (unpaired) electrons. The highest BCUT2D eigenvalue weighted by Crippen LogP contribution is 2.56. The van der Waals surface area contributed by atoms with E-state index in [0.717, 1.165) is 82.3 Å². The second kappa shape index (κ2) is 13.2. The van der Waals surface area contributed by atoms with Crippen molar-refractivity contribution in [1.82, 2.24) is 0 Å². The molecule has 0 aliphatic heterocycles. The van der Waals surface area contributed by atoms with Gasteiger partial charge in [0.1, 0.15) is 23.0 Å². The lowest BCUT2D eigenvalue weighted by Gasteiger charge is -2.34. The third kappa shape index (κ3) is 5.72. The summed E-state index contributed by atoms with van der Waals surface area (Å²) in [5, 5.41) is 0. The van der Waals surface area contributed by atoms with Crippen LogP contribution >= 0.6 is 0 Å². The highest BCUT2D eigenvalue weighted by Gasteiger charge is 2.46. The summed E-state index contributed by atoms with van der Waals surface area (Å²) in [5.41, 5.74) is 25.5. The molecule has 6 aromatic carbocycles. The fraction of sp³-hybridized carbons (Fsp3) is 0.200. The summed E-state index contributed by atoms with van der Waals surface area (Å²) in [4.78, 5) is 0. The summed E-state index contributed by atoms with van der Waals surface area (Å²) in [6.07, 6.45) is 4.02. The molecule has 0 atom stereocenters. The van der Waals surface area contributed by atoms with Crippen LogP contribution in [-0.2, 0) is 18.3 Å². The molecule has 0 unspecified atom stereocenters. The first kappa shape index (κ1) is 32.1. The summed E-state index contributed by atoms with van der Waals surface area (Å²) >= 11 is 0. The Bertz CT molecular complexity index is 2010. The van der Waals surface area contributed by atoms with Crippen molar-refractivity contribution in [1.29, 1.82) is 0 Å². The number of hydrogen-bond donors (Lipinski definition) is 2. The van der Waals surface area contributed by atoms with Gasteiger partial charge in [-0.15, -0.1) is 0 Å². The number of benzene rings is 6. The van der Waals surface area contributed by atoms with Crippen molar-refractivity contribution in [2.45, 2.75) is 58.8 Å². The van der Waals surface area contributed by atoms with Crippen molar-refractivity contribution in [2.75, 3.05) is 11.5 Å². The molecule has 49 heavy (non-hydrogen) atoms. The van der Waals surface area contributed by atoms with Gasteiger partial charge in [0.15, 0.2) is 0 Å². The number of aryl methyl sites for hydroxylation is 4. The van der Waals surface area contributed by atoms with E-state index in [1.807, 2.05) is 24.3 Å². The lowest BCUT2D eigenvalue weighted by Crippen LogP contribution is -2.28. The van der Waals surface area contributed by atoms with Crippen LogP contribution in [0, 0.1) is 13.8 Å². The van der Waals surface area contributed by atoms with Gasteiger partial charge in [0.05, 0.1) is 5.41 Å². The summed E-state index contributed by atoms with van der Waals surface area (Å²) < 4.78 is 12.9. The monoisotopic (exact) mass is 644 g/mol. The Balaban J connectivity index is 1.32. The molecule has 0 bridgehead atoms. The van der Waals surface area contributed by atoms with Crippen LogP contribution in [0.25, 0.3) is 11.1 Å². The largest absolute Gasteiger partial charge is 0.457 e. The van der Waals surface area contributed by atoms with Gasteiger partial charge in [-0.2, -0.15) is 0 Å². The molecule has 246 valence electrons. The van der Waals surface area contributed by atoms with E-state index in [1.165, 1.54) is 33.4 Å². The average molecular weight is 645 g/mol. The molecule has 4 N–H and O–H groups in total. The van der Waals surface area contributed by atoms with Crippen LogP contribution in [0.3, 0.4) is 0 Å². The number of nitrogens with two attached hydrogens (primary N) is 2. The first-order valence-electron chi connectivity index (χ1n) is 17.4. The van der Waals surface area contributed by atoms with Gasteiger partial charge >= 0.3 is 0 Å². The number of ether oxygens (including phenoxy) is 2. The zero-order chi connectivity index (χ0) is 34.1. The molecule has 6 aromatic rings. The highest BCUT2D eigenvalue weighted by molar-refractivity contribution is 5.86. The summed E-state index contributed by atoms with van der Waals surface area (Å²) in [5.74, 6) is 3.11. The minimum Gasteiger partial charge on any atom is -0.457 e. The minimum absolute atomic E-state index is 0.543. The molecule has 4 nitrogen and oxygen atoms in total. The van der Waals surface area contributed by atoms with Gasteiger partial charge in [0.2, 0.25) is 0 Å². The van der Waals surface area contributed by atoms with Gasteiger partial charge in [-0.3, -0.25) is 0 Å². The Kier molecular flexibility index (Phi) is 8.64. The maximum atomic E-state index is 6.43. The van der Waals surface area contributed by atoms with Crippen LogP contribution in [-0.4, -0.2) is 0 Å². The molecule has 0 aromatic heterocycles. The first-order chi connectivity index (χ1) is 23.8. The van der Waals surface area contributed by atoms with E-state index in [9.17, 15) is 0 Å². The molecule has 0 saturated carbocycles. The highest BCUT2D eigenvalue weighted by atomic mass is 16.5. The van der Waals surface area contributed by atoms with Crippen LogP contribution < -0.4 is 20.9 Å². The first-order valence-corrected chi connectivity index (χ1v) is 17.4. The van der Waals surface area contributed by atoms with E-state index in [1.54, 1.807) is 0 Å². The van der Waals surface area contributed by atoms with Crippen molar-refractivity contribution in [3.05, 3.63) is 166 Å². The number of fused-ring (bicyclic) bond motifs is 3. The molecule has 0 fully saturated rings. The van der Waals surface area contributed by atoms with E-state index in [4.69, 9.17) is 20.9 Å². The second-order valence-electron chi connectivity index (χ2n) is 13.2. The van der Waals surface area contributed by atoms with Crippen LogP contribution in [0.2, 0.25) is 0 Å². The summed E-state index contributed by atoms with van der Waals surface area (Å²) in [6.45, 7) is 8.56. The quantitative estimate of drug-likeness (QED) is 0.145. The van der Waals surface area contributed by atoms with Crippen molar-refractivity contribution >= 4 is 11.4 Å². The number of nitrogen functional groups attached to an aromatic ring is 2. The van der Waals surface area contributed by atoms with Crippen molar-refractivity contribution < 1.29 is 9.47 Å². The molecule has 0 saturated heterocycles. The van der Waals surface area contributed by atoms with E-state index < -0.39 is 5.41 Å². The third-order valence-corrected chi connectivity index (χ3v) is 9.90. The molecule has 1 aliphatic carbocycles. The Hall–Kier alpha value is -5.48. The minimum atomic E-state index is -0.543. The Morgan fingerprint density at radius 1 is 0.510 bits per heavy atom. The smallest absolute Gasteiger partial charge is 0.130 e. The van der Waals surface area contributed by atoms with E-state index in [0.29, 0.717) is 0 Å². The van der Waals surface area contributed by atoms with E-state index in [-0.39, 0.29) is 0 Å². The Morgan fingerprint density at radius 2 is 0.939 bits per heavy atom. The van der Waals surface area contributed by atoms with Crippen molar-refractivity contribution in [3.63, 3.8) is 0 Å². The normalized spacial score (nSPS) is 12.7. The molecule has 0 spiro atoms. The van der Waals surface area contributed by atoms with E-state index >= 15 is 0 Å². The SMILES string of the molecule is CCCc1ccc(Oc2ccc(C3(c4ccc(Oc5ccc(CCC)c(N)c5)c(C)c4)c4ccccc4-c4ccccc43)cc2C)cc1N. The molecule has 4 heteroatoms.